The normalized spacial score (nSPS) is 19.4. The molecule has 0 bridgehead atoms. The maximum Gasteiger partial charge on any atom is 0.215 e. The predicted octanol–water partition coefficient (Wildman–Crippen LogP) is 1.78. The van der Waals surface area contributed by atoms with Gasteiger partial charge in [0.25, 0.3) is 0 Å². The highest BCUT2D eigenvalue weighted by Crippen LogP contribution is 2.23. The van der Waals surface area contributed by atoms with Gasteiger partial charge < -0.3 is 24.2 Å². The van der Waals surface area contributed by atoms with E-state index < -0.39 is 5.60 Å². The van der Waals surface area contributed by atoms with Crippen LogP contribution in [0.5, 0.6) is 5.88 Å². The molecule has 2 fully saturated rings. The van der Waals surface area contributed by atoms with E-state index in [1.807, 2.05) is 26.8 Å². The van der Waals surface area contributed by atoms with Crippen LogP contribution in [0.1, 0.15) is 25.8 Å². The fourth-order valence-electron chi connectivity index (χ4n) is 2.47. The summed E-state index contributed by atoms with van der Waals surface area (Å²) < 4.78 is 16.1. The minimum Gasteiger partial charge on any atom is -0.477 e. The number of hydrogen-bond donors (Lipinski definition) is 1. The third kappa shape index (κ3) is 5.06. The summed E-state index contributed by atoms with van der Waals surface area (Å²) in [5.41, 5.74) is 0.406. The Bertz CT molecular complexity index is 485. The molecule has 1 aromatic heterocycles. The Labute approximate surface area is 138 Å². The van der Waals surface area contributed by atoms with Crippen molar-refractivity contribution in [3.05, 3.63) is 17.7 Å². The van der Waals surface area contributed by atoms with E-state index in [-0.39, 0.29) is 0 Å². The first-order valence-corrected chi connectivity index (χ1v) is 8.39. The van der Waals surface area contributed by atoms with Crippen molar-refractivity contribution in [1.29, 1.82) is 0 Å². The third-order valence-electron chi connectivity index (χ3n) is 3.83. The quantitative estimate of drug-likeness (QED) is 0.891. The number of aromatic nitrogens is 1. The minimum atomic E-state index is -0.711. The number of rotatable bonds is 5. The molecule has 1 N–H and O–H groups in total. The Morgan fingerprint density at radius 2 is 1.91 bits per heavy atom. The van der Waals surface area contributed by atoms with Crippen LogP contribution in [0, 0.1) is 6.92 Å². The molecule has 6 heteroatoms. The van der Waals surface area contributed by atoms with Gasteiger partial charge in [0.15, 0.2) is 0 Å². The van der Waals surface area contributed by atoms with Crippen LogP contribution in [0.25, 0.3) is 0 Å². The molecule has 3 heterocycles. The number of anilines is 1. The molecule has 2 saturated heterocycles. The second-order valence-corrected chi connectivity index (χ2v) is 5.76. The van der Waals surface area contributed by atoms with Crippen LogP contribution < -0.4 is 9.64 Å². The van der Waals surface area contributed by atoms with Crippen LogP contribution >= 0.6 is 0 Å². The summed E-state index contributed by atoms with van der Waals surface area (Å²) in [6.45, 7) is 10.5. The van der Waals surface area contributed by atoms with Crippen LogP contribution in [-0.4, -0.2) is 61.8 Å². The van der Waals surface area contributed by atoms with Gasteiger partial charge in [-0.25, -0.2) is 0 Å². The van der Waals surface area contributed by atoms with Crippen molar-refractivity contribution in [3.63, 3.8) is 0 Å². The molecule has 0 saturated carbocycles. The van der Waals surface area contributed by atoms with E-state index in [2.05, 4.69) is 16.0 Å². The van der Waals surface area contributed by atoms with Crippen molar-refractivity contribution in [3.8, 4) is 5.88 Å². The van der Waals surface area contributed by atoms with Gasteiger partial charge in [-0.15, -0.1) is 0 Å². The number of nitrogens with zero attached hydrogens (tertiary/aromatic N) is 2. The molecule has 0 aromatic carbocycles. The Morgan fingerprint density at radius 1 is 1.22 bits per heavy atom. The number of pyridine rings is 1. The van der Waals surface area contributed by atoms with Gasteiger partial charge in [-0.2, -0.15) is 4.98 Å². The van der Waals surface area contributed by atoms with Gasteiger partial charge in [0.2, 0.25) is 5.88 Å². The lowest BCUT2D eigenvalue weighted by molar-refractivity contribution is -0.184. The predicted molar refractivity (Wildman–Crippen MR) is 89.2 cm³/mol. The van der Waals surface area contributed by atoms with E-state index in [0.29, 0.717) is 32.1 Å². The number of hydrogen-bond acceptors (Lipinski definition) is 6. The average molecular weight is 324 g/mol. The molecular weight excluding hydrogens is 296 g/mol. The molecule has 2 aliphatic rings. The first kappa shape index (κ1) is 18.0. The van der Waals surface area contributed by atoms with Gasteiger partial charge >= 0.3 is 0 Å². The molecule has 3 rings (SSSR count). The zero-order valence-corrected chi connectivity index (χ0v) is 14.4. The highest BCUT2D eigenvalue weighted by Gasteiger charge is 2.35. The van der Waals surface area contributed by atoms with E-state index in [1.54, 1.807) is 0 Å². The van der Waals surface area contributed by atoms with E-state index in [0.717, 1.165) is 37.7 Å². The lowest BCUT2D eigenvalue weighted by Gasteiger charge is -2.36. The molecule has 0 spiro atoms. The highest BCUT2D eigenvalue weighted by atomic mass is 16.5. The zero-order chi connectivity index (χ0) is 16.7. The lowest BCUT2D eigenvalue weighted by Crippen LogP contribution is -2.50. The molecule has 0 unspecified atom stereocenters. The summed E-state index contributed by atoms with van der Waals surface area (Å²) in [6, 6.07) is 3.98. The third-order valence-corrected chi connectivity index (χ3v) is 3.83. The van der Waals surface area contributed by atoms with Gasteiger partial charge in [0, 0.05) is 25.6 Å². The van der Waals surface area contributed by atoms with E-state index >= 15 is 0 Å². The van der Waals surface area contributed by atoms with Gasteiger partial charge in [-0.1, -0.05) is 13.8 Å². The summed E-state index contributed by atoms with van der Waals surface area (Å²) >= 11 is 0. The number of aryl methyl sites for hydroxylation is 1. The lowest BCUT2D eigenvalue weighted by atomic mass is 9.99. The highest BCUT2D eigenvalue weighted by molar-refractivity contribution is 5.44. The summed E-state index contributed by atoms with van der Waals surface area (Å²) in [5.74, 6) is 1.54. The Hall–Kier alpha value is -1.37. The summed E-state index contributed by atoms with van der Waals surface area (Å²) in [6.07, 6.45) is 0.565. The molecule has 0 radical (unpaired) electrons. The minimum absolute atomic E-state index is 0.399. The van der Waals surface area contributed by atoms with E-state index in [9.17, 15) is 5.11 Å². The second-order valence-electron chi connectivity index (χ2n) is 5.76. The van der Waals surface area contributed by atoms with Crippen molar-refractivity contribution in [2.75, 3.05) is 51.0 Å². The fraction of sp³-hybridized carbons (Fsp3) is 0.706. The fourth-order valence-corrected chi connectivity index (χ4v) is 2.47. The second kappa shape index (κ2) is 8.47. The first-order chi connectivity index (χ1) is 11.1. The average Bonchev–Trinajstić information content (AvgIpc) is 2.55. The van der Waals surface area contributed by atoms with Crippen molar-refractivity contribution in [1.82, 2.24) is 4.98 Å². The van der Waals surface area contributed by atoms with Gasteiger partial charge in [-0.3, -0.25) is 0 Å². The maximum atomic E-state index is 9.95. The number of morpholine rings is 1. The Morgan fingerprint density at radius 3 is 2.52 bits per heavy atom. The molecule has 23 heavy (non-hydrogen) atoms. The smallest absolute Gasteiger partial charge is 0.215 e. The monoisotopic (exact) mass is 324 g/mol. The van der Waals surface area contributed by atoms with Gasteiger partial charge in [0.05, 0.1) is 33.0 Å². The van der Waals surface area contributed by atoms with Crippen molar-refractivity contribution < 1.29 is 19.3 Å². The Kier molecular flexibility index (Phi) is 6.62. The zero-order valence-electron chi connectivity index (χ0n) is 14.4. The molecule has 1 aromatic rings. The van der Waals surface area contributed by atoms with Crippen LogP contribution in [0.15, 0.2) is 12.1 Å². The maximum absolute atomic E-state index is 9.95. The molecule has 130 valence electrons. The molecule has 0 aliphatic carbocycles. The molecule has 0 amide bonds. The Balaban J connectivity index is 0.000000924. The molecule has 6 nitrogen and oxygen atoms in total. The van der Waals surface area contributed by atoms with Crippen LogP contribution in [0.2, 0.25) is 0 Å². The molecule has 0 atom stereocenters. The largest absolute Gasteiger partial charge is 0.477 e. The summed E-state index contributed by atoms with van der Waals surface area (Å²) in [4.78, 5) is 6.76. The van der Waals surface area contributed by atoms with E-state index in [4.69, 9.17) is 14.2 Å². The standard InChI is InChI=1S/C15H22N2O4.C2H6/c1-12-8-13(17-3-6-19-7-4-17)16-14(9-12)21-5-2-15(18)10-20-11-15;1-2/h8-9,18H,2-7,10-11H2,1H3;1-2H3. The van der Waals surface area contributed by atoms with Gasteiger partial charge in [0.1, 0.15) is 11.4 Å². The van der Waals surface area contributed by atoms with Crippen LogP contribution in [0.3, 0.4) is 0 Å². The summed E-state index contributed by atoms with van der Waals surface area (Å²) in [5, 5.41) is 9.95. The van der Waals surface area contributed by atoms with Gasteiger partial charge in [-0.05, 0) is 18.6 Å². The van der Waals surface area contributed by atoms with Crippen molar-refractivity contribution in [2.45, 2.75) is 32.8 Å². The molecule has 2 aliphatic heterocycles. The number of ether oxygens (including phenoxy) is 3. The first-order valence-electron chi connectivity index (χ1n) is 8.39. The van der Waals surface area contributed by atoms with Crippen molar-refractivity contribution in [2.24, 2.45) is 0 Å². The SMILES string of the molecule is CC.Cc1cc(OCCC2(O)COC2)nc(N2CCOCC2)c1. The topological polar surface area (TPSA) is 64.0 Å². The van der Waals surface area contributed by atoms with E-state index in [1.165, 1.54) is 0 Å². The van der Waals surface area contributed by atoms with Crippen molar-refractivity contribution >= 4 is 5.82 Å². The van der Waals surface area contributed by atoms with Crippen LogP contribution in [0.4, 0.5) is 5.82 Å². The summed E-state index contributed by atoms with van der Waals surface area (Å²) in [7, 11) is 0. The van der Waals surface area contributed by atoms with Crippen LogP contribution in [-0.2, 0) is 9.47 Å². The molecular formula is C17H28N2O4. The number of aliphatic hydroxyl groups is 1.